The number of pyridine rings is 1. The van der Waals surface area contributed by atoms with E-state index in [1.807, 2.05) is 76.7 Å². The molecule has 5 nitrogen and oxygen atoms in total. The molecule has 0 aliphatic rings. The lowest BCUT2D eigenvalue weighted by atomic mass is 10.1. The molecular weight excluding hydrogens is 412 g/mol. The first kappa shape index (κ1) is 18.8. The van der Waals surface area contributed by atoms with Crippen molar-refractivity contribution in [3.05, 3.63) is 89.7 Å². The lowest BCUT2D eigenvalue weighted by Crippen LogP contribution is -2.08. The molecule has 0 amide bonds. The number of aromatic nitrogens is 4. The number of hydrogen-bond donors (Lipinski definition) is 1. The minimum absolute atomic E-state index is 0.360. The number of methoxy groups -OCH3 is 1. The van der Waals surface area contributed by atoms with Gasteiger partial charge in [0.05, 0.1) is 28.9 Å². The van der Waals surface area contributed by atoms with Crippen molar-refractivity contribution in [2.75, 3.05) is 7.11 Å². The number of ether oxygens (including phenoxy) is 1. The average Bonchev–Trinajstić information content (AvgIpc) is 3.48. The van der Waals surface area contributed by atoms with E-state index in [0.29, 0.717) is 5.82 Å². The Hall–Kier alpha value is -3.16. The number of benzene rings is 2. The first-order chi connectivity index (χ1) is 14.8. The van der Waals surface area contributed by atoms with Gasteiger partial charge in [0.1, 0.15) is 11.0 Å². The zero-order chi connectivity index (χ0) is 20.5. The predicted molar refractivity (Wildman–Crippen MR) is 124 cm³/mol. The Morgan fingerprint density at radius 2 is 1.77 bits per heavy atom. The van der Waals surface area contributed by atoms with Crippen molar-refractivity contribution in [1.29, 1.82) is 0 Å². The van der Waals surface area contributed by atoms with E-state index in [-0.39, 0.29) is 5.25 Å². The van der Waals surface area contributed by atoms with Crippen LogP contribution in [0.25, 0.3) is 27.3 Å². The molecule has 148 valence electrons. The Kier molecular flexibility index (Phi) is 4.98. The number of thiophene rings is 1. The number of hydrogen-bond acceptors (Lipinski definition) is 6. The molecule has 0 radical (unpaired) electrons. The summed E-state index contributed by atoms with van der Waals surface area (Å²) in [6.45, 7) is 0. The molecule has 0 aliphatic carbocycles. The van der Waals surface area contributed by atoms with Gasteiger partial charge >= 0.3 is 0 Å². The highest BCUT2D eigenvalue weighted by atomic mass is 32.1. The fraction of sp³-hybridized carbons (Fsp3) is 0.0870. The maximum atomic E-state index is 5.63. The Labute approximate surface area is 183 Å². The van der Waals surface area contributed by atoms with Crippen molar-refractivity contribution < 1.29 is 4.74 Å². The molecular formula is C23H18N4OS2. The summed E-state index contributed by atoms with van der Waals surface area (Å²) in [5, 5.41) is 11.8. The van der Waals surface area contributed by atoms with Crippen LogP contribution in [0.2, 0.25) is 0 Å². The second-order valence-electron chi connectivity index (χ2n) is 6.70. The van der Waals surface area contributed by atoms with E-state index in [1.54, 1.807) is 18.4 Å². The van der Waals surface area contributed by atoms with E-state index >= 15 is 0 Å². The van der Waals surface area contributed by atoms with Gasteiger partial charge in [-0.3, -0.25) is 9.55 Å². The van der Waals surface area contributed by atoms with E-state index in [9.17, 15) is 0 Å². The molecule has 7 heteroatoms. The van der Waals surface area contributed by atoms with Crippen LogP contribution in [0.1, 0.15) is 16.8 Å². The third-order valence-electron chi connectivity index (χ3n) is 4.90. The van der Waals surface area contributed by atoms with Crippen LogP contribution in [0.4, 0.5) is 0 Å². The molecule has 0 bridgehead atoms. The molecule has 3 aromatic heterocycles. The molecule has 1 unspecified atom stereocenters. The largest absolute Gasteiger partial charge is 0.495 e. The van der Waals surface area contributed by atoms with Crippen LogP contribution in [0.15, 0.2) is 78.2 Å². The van der Waals surface area contributed by atoms with Crippen molar-refractivity contribution in [2.45, 2.75) is 5.25 Å². The predicted octanol–water partition coefficient (Wildman–Crippen LogP) is 5.57. The minimum Gasteiger partial charge on any atom is -0.495 e. The van der Waals surface area contributed by atoms with Crippen LogP contribution in [0.3, 0.4) is 0 Å². The van der Waals surface area contributed by atoms with Crippen molar-refractivity contribution in [3.63, 3.8) is 0 Å². The van der Waals surface area contributed by atoms with E-state index < -0.39 is 0 Å². The first-order valence-corrected chi connectivity index (χ1v) is 10.8. The van der Waals surface area contributed by atoms with Gasteiger partial charge in [-0.25, -0.2) is 0 Å². The number of nitrogens with zero attached hydrogens (tertiary/aromatic N) is 4. The second kappa shape index (κ2) is 7.93. The Morgan fingerprint density at radius 1 is 0.933 bits per heavy atom. The van der Waals surface area contributed by atoms with Crippen LogP contribution in [0, 0.1) is 0 Å². The topological polar surface area (TPSA) is 52.8 Å². The molecule has 3 heterocycles. The highest BCUT2D eigenvalue weighted by molar-refractivity contribution is 7.80. The van der Waals surface area contributed by atoms with Crippen molar-refractivity contribution in [3.8, 4) is 22.1 Å². The molecule has 1 atom stereocenters. The standard InChI is InChI=1S/C23H18N4OS2/c1-28-19-10-5-4-9-18(19)27-22(20-11-6-14-30-20)25-26-23(27)21(29)17-13-12-15-7-2-3-8-16(15)24-17/h2-14,21,29H,1H3. The number of thiol groups is 1. The molecule has 0 fully saturated rings. The summed E-state index contributed by atoms with van der Waals surface area (Å²) in [5.74, 6) is 2.18. The Bertz CT molecular complexity index is 1310. The van der Waals surface area contributed by atoms with E-state index in [2.05, 4.69) is 16.3 Å². The molecule has 2 aromatic carbocycles. The number of para-hydroxylation sites is 3. The van der Waals surface area contributed by atoms with Crippen LogP contribution in [-0.4, -0.2) is 26.9 Å². The summed E-state index contributed by atoms with van der Waals surface area (Å²) in [7, 11) is 1.66. The number of rotatable bonds is 5. The first-order valence-electron chi connectivity index (χ1n) is 9.42. The van der Waals surface area contributed by atoms with Gasteiger partial charge in [0.25, 0.3) is 0 Å². The van der Waals surface area contributed by atoms with Crippen molar-refractivity contribution in [1.82, 2.24) is 19.7 Å². The monoisotopic (exact) mass is 430 g/mol. The van der Waals surface area contributed by atoms with Crippen LogP contribution >= 0.6 is 24.0 Å². The Balaban J connectivity index is 1.69. The smallest absolute Gasteiger partial charge is 0.178 e. The van der Waals surface area contributed by atoms with Gasteiger partial charge in [-0.15, -0.1) is 21.5 Å². The summed E-state index contributed by atoms with van der Waals surface area (Å²) in [5.41, 5.74) is 2.61. The zero-order valence-corrected chi connectivity index (χ0v) is 17.8. The SMILES string of the molecule is COc1ccccc1-n1c(-c2cccs2)nnc1C(S)c1ccc2ccccc2n1. The molecule has 5 aromatic rings. The molecule has 0 aliphatic heterocycles. The van der Waals surface area contributed by atoms with E-state index in [4.69, 9.17) is 22.3 Å². The third-order valence-corrected chi connectivity index (χ3v) is 6.26. The summed E-state index contributed by atoms with van der Waals surface area (Å²) in [4.78, 5) is 5.83. The minimum atomic E-state index is -0.360. The highest BCUT2D eigenvalue weighted by Gasteiger charge is 2.25. The van der Waals surface area contributed by atoms with Gasteiger partial charge in [0, 0.05) is 5.39 Å². The summed E-state index contributed by atoms with van der Waals surface area (Å²) < 4.78 is 7.64. The van der Waals surface area contributed by atoms with Gasteiger partial charge in [-0.2, -0.15) is 12.6 Å². The second-order valence-corrected chi connectivity index (χ2v) is 8.16. The van der Waals surface area contributed by atoms with Crippen LogP contribution in [0.5, 0.6) is 5.75 Å². The number of fused-ring (bicyclic) bond motifs is 1. The maximum absolute atomic E-state index is 5.63. The summed E-state index contributed by atoms with van der Waals surface area (Å²) in [6, 6.07) is 24.0. The molecule has 0 saturated heterocycles. The normalized spacial score (nSPS) is 12.2. The lowest BCUT2D eigenvalue weighted by molar-refractivity contribution is 0.412. The lowest BCUT2D eigenvalue weighted by Gasteiger charge is -2.16. The molecule has 5 rings (SSSR count). The van der Waals surface area contributed by atoms with Crippen molar-refractivity contribution >= 4 is 34.9 Å². The third kappa shape index (κ3) is 3.26. The van der Waals surface area contributed by atoms with Crippen LogP contribution < -0.4 is 4.74 Å². The molecule has 0 N–H and O–H groups in total. The summed E-state index contributed by atoms with van der Waals surface area (Å²) in [6.07, 6.45) is 0. The molecule has 0 spiro atoms. The zero-order valence-electron chi connectivity index (χ0n) is 16.1. The summed E-state index contributed by atoms with van der Waals surface area (Å²) >= 11 is 6.52. The Morgan fingerprint density at radius 3 is 2.60 bits per heavy atom. The van der Waals surface area contributed by atoms with Gasteiger partial charge < -0.3 is 4.74 Å². The van der Waals surface area contributed by atoms with Gasteiger partial charge in [-0.05, 0) is 35.7 Å². The fourth-order valence-corrected chi connectivity index (χ4v) is 4.47. The van der Waals surface area contributed by atoms with Gasteiger partial charge in [0.15, 0.2) is 11.6 Å². The van der Waals surface area contributed by atoms with E-state index in [1.165, 1.54) is 0 Å². The maximum Gasteiger partial charge on any atom is 0.178 e. The van der Waals surface area contributed by atoms with Gasteiger partial charge in [0.2, 0.25) is 0 Å². The molecule has 0 saturated carbocycles. The van der Waals surface area contributed by atoms with Crippen LogP contribution in [-0.2, 0) is 0 Å². The quantitative estimate of drug-likeness (QED) is 0.370. The van der Waals surface area contributed by atoms with Crippen molar-refractivity contribution in [2.24, 2.45) is 0 Å². The van der Waals surface area contributed by atoms with Gasteiger partial charge in [-0.1, -0.05) is 42.5 Å². The fourth-order valence-electron chi connectivity index (χ4n) is 3.46. The average molecular weight is 431 g/mol. The van der Waals surface area contributed by atoms with E-state index in [0.717, 1.165) is 38.7 Å². The highest BCUT2D eigenvalue weighted by Crippen LogP contribution is 2.36. The molecule has 30 heavy (non-hydrogen) atoms.